The predicted octanol–water partition coefficient (Wildman–Crippen LogP) is 5.95. The van der Waals surface area contributed by atoms with E-state index in [1.807, 2.05) is 26.0 Å². The fraction of sp³-hybridized carbons (Fsp3) is 0.269. The van der Waals surface area contributed by atoms with Crippen LogP contribution in [0.5, 0.6) is 5.75 Å². The van der Waals surface area contributed by atoms with Crippen molar-refractivity contribution in [2.75, 3.05) is 29.8 Å². The molecule has 0 aromatic heterocycles. The van der Waals surface area contributed by atoms with Gasteiger partial charge in [0.25, 0.3) is 10.0 Å². The van der Waals surface area contributed by atoms with Crippen LogP contribution in [0.2, 0.25) is 10.0 Å². The normalized spacial score (nSPS) is 11.2. The van der Waals surface area contributed by atoms with Crippen LogP contribution >= 0.6 is 35.0 Å². The van der Waals surface area contributed by atoms with Gasteiger partial charge in [-0.25, -0.2) is 8.42 Å². The number of anilines is 1. The van der Waals surface area contributed by atoms with E-state index in [1.54, 1.807) is 66.4 Å². The lowest BCUT2D eigenvalue weighted by atomic mass is 10.2. The number of thioether (sulfide) groups is 1. The summed E-state index contributed by atoms with van der Waals surface area (Å²) < 4.78 is 33.5. The Morgan fingerprint density at radius 1 is 1.00 bits per heavy atom. The van der Waals surface area contributed by atoms with E-state index in [-0.39, 0.29) is 11.4 Å². The number of carbonyl (C=O) groups excluding carboxylic acids is 1. The molecule has 0 atom stereocenters. The van der Waals surface area contributed by atoms with Gasteiger partial charge in [-0.2, -0.15) is 11.8 Å². The fourth-order valence-electron chi connectivity index (χ4n) is 3.30. The summed E-state index contributed by atoms with van der Waals surface area (Å²) >= 11 is 13.6. The first-order valence-electron chi connectivity index (χ1n) is 11.3. The zero-order valence-corrected chi connectivity index (χ0v) is 23.2. The lowest BCUT2D eigenvalue weighted by Gasteiger charge is -2.24. The van der Waals surface area contributed by atoms with Crippen LogP contribution in [-0.2, 0) is 20.6 Å². The predicted molar refractivity (Wildman–Crippen MR) is 149 cm³/mol. The molecule has 0 spiro atoms. The van der Waals surface area contributed by atoms with Crippen LogP contribution in [0.4, 0.5) is 5.69 Å². The third kappa shape index (κ3) is 7.80. The summed E-state index contributed by atoms with van der Waals surface area (Å²) in [5.74, 6) is 1.60. The van der Waals surface area contributed by atoms with E-state index in [0.717, 1.165) is 15.4 Å². The molecular formula is C26H28Cl2N2O4S2. The van der Waals surface area contributed by atoms with Crippen LogP contribution in [0.15, 0.2) is 71.6 Å². The zero-order valence-electron chi connectivity index (χ0n) is 20.0. The van der Waals surface area contributed by atoms with Crippen molar-refractivity contribution in [1.29, 1.82) is 0 Å². The van der Waals surface area contributed by atoms with E-state index in [2.05, 4.69) is 5.32 Å². The molecule has 3 aromatic carbocycles. The standard InChI is InChI=1S/C26H28Cl2N2O4S2/c1-3-34-22-9-7-21(8-10-22)30(36(32,33)23-11-4-19(2)5-12-23)17-26(31)29-14-15-35-18-20-6-13-24(27)25(28)16-20/h4-13,16H,3,14-15,17-18H2,1-2H3,(H,29,31). The summed E-state index contributed by atoms with van der Waals surface area (Å²) in [5, 5.41) is 3.83. The number of rotatable bonds is 12. The SMILES string of the molecule is CCOc1ccc(N(CC(=O)NCCSCc2ccc(Cl)c(Cl)c2)S(=O)(=O)c2ccc(C)cc2)cc1. The van der Waals surface area contributed by atoms with E-state index in [1.165, 1.54) is 0 Å². The van der Waals surface area contributed by atoms with Crippen LogP contribution in [-0.4, -0.2) is 39.8 Å². The Kier molecular flexibility index (Phi) is 10.4. The third-order valence-corrected chi connectivity index (χ3v) is 8.71. The van der Waals surface area contributed by atoms with Crippen molar-refractivity contribution >= 4 is 56.6 Å². The van der Waals surface area contributed by atoms with Gasteiger partial charge < -0.3 is 10.1 Å². The average molecular weight is 568 g/mol. The summed E-state index contributed by atoms with van der Waals surface area (Å²) in [6.45, 7) is 4.30. The summed E-state index contributed by atoms with van der Waals surface area (Å²) in [5.41, 5.74) is 2.35. The zero-order chi connectivity index (χ0) is 26.1. The number of hydrogen-bond donors (Lipinski definition) is 1. The highest BCUT2D eigenvalue weighted by molar-refractivity contribution is 7.98. The number of benzene rings is 3. The molecule has 0 bridgehead atoms. The first kappa shape index (κ1) is 28.2. The minimum absolute atomic E-state index is 0.118. The van der Waals surface area contributed by atoms with Crippen LogP contribution in [0.3, 0.4) is 0 Å². The largest absolute Gasteiger partial charge is 0.494 e. The highest BCUT2D eigenvalue weighted by Gasteiger charge is 2.27. The molecule has 0 saturated carbocycles. The minimum atomic E-state index is -3.97. The number of amides is 1. The summed E-state index contributed by atoms with van der Waals surface area (Å²) in [7, 11) is -3.97. The lowest BCUT2D eigenvalue weighted by Crippen LogP contribution is -2.41. The summed E-state index contributed by atoms with van der Waals surface area (Å²) in [6, 6.07) is 18.7. The lowest BCUT2D eigenvalue weighted by molar-refractivity contribution is -0.119. The maximum atomic E-state index is 13.5. The van der Waals surface area contributed by atoms with E-state index in [4.69, 9.17) is 27.9 Å². The molecule has 1 N–H and O–H groups in total. The van der Waals surface area contributed by atoms with Crippen LogP contribution in [0, 0.1) is 6.92 Å². The molecule has 0 unspecified atom stereocenters. The van der Waals surface area contributed by atoms with Gasteiger partial charge in [-0.15, -0.1) is 0 Å². The van der Waals surface area contributed by atoms with E-state index in [0.29, 0.717) is 46.1 Å². The number of halogens is 2. The van der Waals surface area contributed by atoms with Gasteiger partial charge in [-0.1, -0.05) is 47.0 Å². The average Bonchev–Trinajstić information content (AvgIpc) is 2.85. The Bertz CT molecular complexity index is 1270. The van der Waals surface area contributed by atoms with Gasteiger partial charge in [0, 0.05) is 18.1 Å². The molecule has 0 aliphatic heterocycles. The quantitative estimate of drug-likeness (QED) is 0.274. The molecule has 6 nitrogen and oxygen atoms in total. The topological polar surface area (TPSA) is 75.7 Å². The number of nitrogens with one attached hydrogen (secondary N) is 1. The molecule has 0 aliphatic carbocycles. The Hall–Kier alpha value is -2.39. The Balaban J connectivity index is 1.65. The van der Waals surface area contributed by atoms with Crippen molar-refractivity contribution in [3.8, 4) is 5.75 Å². The van der Waals surface area contributed by atoms with Gasteiger partial charge >= 0.3 is 0 Å². The molecule has 36 heavy (non-hydrogen) atoms. The molecule has 0 fully saturated rings. The molecule has 3 rings (SSSR count). The van der Waals surface area contributed by atoms with Crippen LogP contribution in [0.25, 0.3) is 0 Å². The fourth-order valence-corrected chi connectivity index (χ4v) is 5.84. The monoisotopic (exact) mass is 566 g/mol. The molecule has 0 radical (unpaired) electrons. The minimum Gasteiger partial charge on any atom is -0.494 e. The first-order chi connectivity index (χ1) is 17.2. The molecule has 0 aliphatic rings. The van der Waals surface area contributed by atoms with Crippen molar-refractivity contribution in [3.05, 3.63) is 87.9 Å². The van der Waals surface area contributed by atoms with Gasteiger partial charge in [0.15, 0.2) is 0 Å². The molecular weight excluding hydrogens is 539 g/mol. The summed E-state index contributed by atoms with van der Waals surface area (Å²) in [6.07, 6.45) is 0. The number of ether oxygens (including phenoxy) is 1. The van der Waals surface area contributed by atoms with Crippen molar-refractivity contribution in [1.82, 2.24) is 5.32 Å². The molecule has 0 heterocycles. The molecule has 0 saturated heterocycles. The Morgan fingerprint density at radius 3 is 2.33 bits per heavy atom. The van der Waals surface area contributed by atoms with Crippen molar-refractivity contribution in [2.24, 2.45) is 0 Å². The van der Waals surface area contributed by atoms with Gasteiger partial charge in [0.05, 0.1) is 27.2 Å². The second kappa shape index (κ2) is 13.2. The van der Waals surface area contributed by atoms with Crippen LogP contribution < -0.4 is 14.4 Å². The maximum Gasteiger partial charge on any atom is 0.264 e. The number of carbonyl (C=O) groups is 1. The van der Waals surface area contributed by atoms with Gasteiger partial charge in [0.2, 0.25) is 5.91 Å². The number of nitrogens with zero attached hydrogens (tertiary/aromatic N) is 1. The Labute approximate surface area is 227 Å². The molecule has 3 aromatic rings. The molecule has 1 amide bonds. The van der Waals surface area contributed by atoms with Gasteiger partial charge in [-0.05, 0) is 67.9 Å². The number of hydrogen-bond acceptors (Lipinski definition) is 5. The van der Waals surface area contributed by atoms with E-state index < -0.39 is 15.9 Å². The van der Waals surface area contributed by atoms with Crippen molar-refractivity contribution in [2.45, 2.75) is 24.5 Å². The summed E-state index contributed by atoms with van der Waals surface area (Å²) in [4.78, 5) is 12.9. The second-order valence-corrected chi connectivity index (χ2v) is 11.7. The van der Waals surface area contributed by atoms with Crippen molar-refractivity contribution < 1.29 is 17.9 Å². The smallest absolute Gasteiger partial charge is 0.264 e. The molecule has 10 heteroatoms. The van der Waals surface area contributed by atoms with Crippen molar-refractivity contribution in [3.63, 3.8) is 0 Å². The highest BCUT2D eigenvalue weighted by atomic mass is 35.5. The Morgan fingerprint density at radius 2 is 1.69 bits per heavy atom. The molecule has 192 valence electrons. The third-order valence-electron chi connectivity index (χ3n) is 5.15. The maximum absolute atomic E-state index is 13.5. The van der Waals surface area contributed by atoms with E-state index in [9.17, 15) is 13.2 Å². The van der Waals surface area contributed by atoms with E-state index >= 15 is 0 Å². The first-order valence-corrected chi connectivity index (χ1v) is 14.7. The van der Waals surface area contributed by atoms with Gasteiger partial charge in [-0.3, -0.25) is 9.10 Å². The van der Waals surface area contributed by atoms with Crippen LogP contribution in [0.1, 0.15) is 18.1 Å². The second-order valence-electron chi connectivity index (χ2n) is 7.90. The number of aryl methyl sites for hydroxylation is 1. The van der Waals surface area contributed by atoms with Gasteiger partial charge in [0.1, 0.15) is 12.3 Å². The highest BCUT2D eigenvalue weighted by Crippen LogP contribution is 2.27. The number of sulfonamides is 1.